The van der Waals surface area contributed by atoms with Crippen LogP contribution in [0.2, 0.25) is 0 Å². The summed E-state index contributed by atoms with van der Waals surface area (Å²) in [5.74, 6) is 1.07. The van der Waals surface area contributed by atoms with Gasteiger partial charge in [-0.2, -0.15) is 4.98 Å². The quantitative estimate of drug-likeness (QED) is 0.626. The fraction of sp³-hybridized carbons (Fsp3) is 0.333. The summed E-state index contributed by atoms with van der Waals surface area (Å²) in [4.78, 5) is 20.4. The first-order chi connectivity index (χ1) is 13.1. The fourth-order valence-corrected chi connectivity index (χ4v) is 2.58. The van der Waals surface area contributed by atoms with Crippen LogP contribution in [0.1, 0.15) is 28.8 Å². The zero-order valence-corrected chi connectivity index (χ0v) is 15.5. The van der Waals surface area contributed by atoms with Crippen molar-refractivity contribution >= 4 is 22.9 Å². The fourth-order valence-electron chi connectivity index (χ4n) is 2.58. The highest BCUT2D eigenvalue weighted by atomic mass is 16.5. The summed E-state index contributed by atoms with van der Waals surface area (Å²) in [6.07, 6.45) is 0. The zero-order valence-electron chi connectivity index (χ0n) is 15.5. The highest BCUT2D eigenvalue weighted by Crippen LogP contribution is 2.28. The summed E-state index contributed by atoms with van der Waals surface area (Å²) in [7, 11) is 3.18. The van der Waals surface area contributed by atoms with Crippen LogP contribution in [-0.4, -0.2) is 41.9 Å². The van der Waals surface area contributed by atoms with Crippen LogP contribution >= 0.6 is 0 Å². The lowest BCUT2D eigenvalue weighted by Gasteiger charge is -2.12. The van der Waals surface area contributed by atoms with E-state index in [-0.39, 0.29) is 18.1 Å². The zero-order chi connectivity index (χ0) is 19.4. The van der Waals surface area contributed by atoms with E-state index in [4.69, 9.17) is 18.7 Å². The third-order valence-corrected chi connectivity index (χ3v) is 3.91. The molecule has 0 radical (unpaired) electrons. The van der Waals surface area contributed by atoms with Crippen molar-refractivity contribution in [2.24, 2.45) is 0 Å². The molecule has 0 bridgehead atoms. The van der Waals surface area contributed by atoms with Gasteiger partial charge in [0.1, 0.15) is 22.7 Å². The molecule has 3 rings (SSSR count). The van der Waals surface area contributed by atoms with E-state index in [1.165, 1.54) is 0 Å². The first-order valence-corrected chi connectivity index (χ1v) is 8.33. The maximum absolute atomic E-state index is 12.0. The average Bonchev–Trinajstić information content (AvgIpc) is 3.07. The van der Waals surface area contributed by atoms with Crippen molar-refractivity contribution in [3.63, 3.8) is 0 Å². The molecular weight excluding hydrogens is 352 g/mol. The van der Waals surface area contributed by atoms with Crippen molar-refractivity contribution in [2.45, 2.75) is 20.4 Å². The van der Waals surface area contributed by atoms with Crippen molar-refractivity contribution in [1.29, 1.82) is 0 Å². The predicted molar refractivity (Wildman–Crippen MR) is 97.2 cm³/mol. The molecule has 9 nitrogen and oxygen atoms in total. The molecule has 2 aromatic heterocycles. The van der Waals surface area contributed by atoms with E-state index in [1.54, 1.807) is 34.1 Å². The second-order valence-electron chi connectivity index (χ2n) is 5.60. The van der Waals surface area contributed by atoms with Gasteiger partial charge in [0.25, 0.3) is 5.71 Å². The van der Waals surface area contributed by atoms with E-state index in [2.05, 4.69) is 20.4 Å². The van der Waals surface area contributed by atoms with Gasteiger partial charge in [0.05, 0.1) is 26.5 Å². The normalized spacial score (nSPS) is 10.7. The number of ether oxygens (including phenoxy) is 3. The van der Waals surface area contributed by atoms with Gasteiger partial charge in [0, 0.05) is 18.2 Å². The molecular formula is C18H20N4O5. The molecule has 0 aliphatic heterocycles. The van der Waals surface area contributed by atoms with Gasteiger partial charge in [0.15, 0.2) is 0 Å². The summed E-state index contributed by atoms with van der Waals surface area (Å²) in [5, 5.41) is 7.71. The van der Waals surface area contributed by atoms with Crippen LogP contribution in [0.5, 0.6) is 11.5 Å². The van der Waals surface area contributed by atoms with Gasteiger partial charge in [-0.3, -0.25) is 0 Å². The first kappa shape index (κ1) is 18.4. The predicted octanol–water partition coefficient (Wildman–Crippen LogP) is 2.73. The molecule has 0 aliphatic rings. The molecule has 0 unspecified atom stereocenters. The number of anilines is 1. The Morgan fingerprint density at radius 3 is 2.74 bits per heavy atom. The number of hydrogen-bond donors (Lipinski definition) is 1. The molecule has 27 heavy (non-hydrogen) atoms. The summed E-state index contributed by atoms with van der Waals surface area (Å²) < 4.78 is 20.8. The third-order valence-electron chi connectivity index (χ3n) is 3.91. The van der Waals surface area contributed by atoms with Crippen LogP contribution in [0.4, 0.5) is 5.82 Å². The molecule has 0 amide bonds. The van der Waals surface area contributed by atoms with Crippen molar-refractivity contribution < 1.29 is 23.5 Å². The SMILES string of the molecule is CCOC(=O)c1nc(NCc2ccc(OC)cc2OC)c2c(C)noc2n1. The molecule has 0 fully saturated rings. The molecule has 1 N–H and O–H groups in total. The number of hydrogen-bond acceptors (Lipinski definition) is 9. The van der Waals surface area contributed by atoms with E-state index in [1.807, 2.05) is 12.1 Å². The van der Waals surface area contributed by atoms with Crippen molar-refractivity contribution in [3.05, 3.63) is 35.3 Å². The number of rotatable bonds is 7. The first-order valence-electron chi connectivity index (χ1n) is 8.33. The van der Waals surface area contributed by atoms with Crippen LogP contribution < -0.4 is 14.8 Å². The molecule has 0 atom stereocenters. The molecule has 142 valence electrons. The van der Waals surface area contributed by atoms with Crippen molar-refractivity contribution in [3.8, 4) is 11.5 Å². The molecule has 1 aromatic carbocycles. The highest BCUT2D eigenvalue weighted by Gasteiger charge is 2.20. The molecule has 0 saturated carbocycles. The third kappa shape index (κ3) is 3.76. The minimum absolute atomic E-state index is 0.0929. The smallest absolute Gasteiger partial charge is 0.376 e. The number of carbonyl (C=O) groups is 1. The lowest BCUT2D eigenvalue weighted by atomic mass is 10.2. The van der Waals surface area contributed by atoms with Crippen LogP contribution in [-0.2, 0) is 11.3 Å². The number of aromatic nitrogens is 3. The van der Waals surface area contributed by atoms with Gasteiger partial charge in [0.2, 0.25) is 5.82 Å². The molecule has 2 heterocycles. The minimum atomic E-state index is -0.626. The highest BCUT2D eigenvalue weighted by molar-refractivity contribution is 5.93. The Hall–Kier alpha value is -3.36. The van der Waals surface area contributed by atoms with E-state index >= 15 is 0 Å². The Morgan fingerprint density at radius 2 is 2.04 bits per heavy atom. The van der Waals surface area contributed by atoms with Crippen molar-refractivity contribution in [2.75, 3.05) is 26.1 Å². The topological polar surface area (TPSA) is 109 Å². The Labute approximate surface area is 155 Å². The average molecular weight is 372 g/mol. The van der Waals surface area contributed by atoms with Crippen LogP contribution in [0, 0.1) is 6.92 Å². The molecule has 0 saturated heterocycles. The summed E-state index contributed by atoms with van der Waals surface area (Å²) in [6.45, 7) is 4.11. The molecule has 3 aromatic rings. The minimum Gasteiger partial charge on any atom is -0.497 e. The maximum Gasteiger partial charge on any atom is 0.376 e. The number of methoxy groups -OCH3 is 2. The Balaban J connectivity index is 1.94. The summed E-state index contributed by atoms with van der Waals surface area (Å²) in [5.41, 5.74) is 1.72. The Morgan fingerprint density at radius 1 is 1.22 bits per heavy atom. The van der Waals surface area contributed by atoms with E-state index in [9.17, 15) is 4.79 Å². The number of benzene rings is 1. The Bertz CT molecular complexity index is 970. The largest absolute Gasteiger partial charge is 0.497 e. The van der Waals surface area contributed by atoms with Crippen LogP contribution in [0.3, 0.4) is 0 Å². The monoisotopic (exact) mass is 372 g/mol. The number of fused-ring (bicyclic) bond motifs is 1. The van der Waals surface area contributed by atoms with Crippen LogP contribution in [0.25, 0.3) is 11.1 Å². The van der Waals surface area contributed by atoms with Crippen molar-refractivity contribution in [1.82, 2.24) is 15.1 Å². The van der Waals surface area contributed by atoms with E-state index < -0.39 is 5.97 Å². The molecule has 0 spiro atoms. The number of esters is 1. The van der Waals surface area contributed by atoms with Crippen LogP contribution in [0.15, 0.2) is 22.7 Å². The lowest BCUT2D eigenvalue weighted by molar-refractivity contribution is 0.0512. The Kier molecular flexibility index (Phi) is 5.39. The standard InChI is InChI=1S/C18H20N4O5/c1-5-26-18(23)16-20-15(14-10(2)22-27-17(14)21-16)19-9-11-6-7-12(24-3)8-13(11)25-4/h6-8H,5,9H2,1-4H3,(H,19,20,21). The van der Waals surface area contributed by atoms with Gasteiger partial charge in [-0.1, -0.05) is 5.16 Å². The van der Waals surface area contributed by atoms with Gasteiger partial charge in [-0.05, 0) is 26.0 Å². The second kappa shape index (κ2) is 7.90. The molecule has 9 heteroatoms. The number of nitrogens with one attached hydrogen (secondary N) is 1. The maximum atomic E-state index is 12.0. The number of nitrogens with zero attached hydrogens (tertiary/aromatic N) is 3. The summed E-state index contributed by atoms with van der Waals surface area (Å²) >= 11 is 0. The van der Waals surface area contributed by atoms with Gasteiger partial charge in [-0.15, -0.1) is 0 Å². The summed E-state index contributed by atoms with van der Waals surface area (Å²) in [6, 6.07) is 5.51. The van der Waals surface area contributed by atoms with Gasteiger partial charge in [-0.25, -0.2) is 9.78 Å². The number of aryl methyl sites for hydroxylation is 1. The van der Waals surface area contributed by atoms with Gasteiger partial charge < -0.3 is 24.1 Å². The second-order valence-corrected chi connectivity index (χ2v) is 5.60. The number of carbonyl (C=O) groups excluding carboxylic acids is 1. The van der Waals surface area contributed by atoms with E-state index in [0.717, 1.165) is 5.56 Å². The molecule has 0 aliphatic carbocycles. The lowest BCUT2D eigenvalue weighted by Crippen LogP contribution is -2.12. The van der Waals surface area contributed by atoms with Gasteiger partial charge >= 0.3 is 5.97 Å². The van der Waals surface area contributed by atoms with E-state index in [0.29, 0.717) is 34.9 Å².